The number of hydrogen-bond donors (Lipinski definition) is 0. The van der Waals surface area contributed by atoms with E-state index in [9.17, 15) is 0 Å². The van der Waals surface area contributed by atoms with Crippen molar-refractivity contribution in [2.24, 2.45) is 0 Å². The molecule has 0 heterocycles. The molecule has 4 rings (SSSR count). The third-order valence-corrected chi connectivity index (χ3v) is 4.41. The highest BCUT2D eigenvalue weighted by molar-refractivity contribution is 5.90. The van der Waals surface area contributed by atoms with Crippen molar-refractivity contribution in [2.75, 3.05) is 0 Å². The molecule has 0 nitrogen and oxygen atoms in total. The zero-order chi connectivity index (χ0) is 14.9. The summed E-state index contributed by atoms with van der Waals surface area (Å²) in [6, 6.07) is 21.9. The first-order valence-corrected chi connectivity index (χ1v) is 8.02. The standard InChI is InChI=1S/C22H19/c1-2-6-16-13-19-9-5-10-21(22(19)14-16)20-12-11-17-7-3-4-8-18(17)15-20/h3-5,7-15H,2,6H2,1H3. The fourth-order valence-corrected chi connectivity index (χ4v) is 3.34. The van der Waals surface area contributed by atoms with Gasteiger partial charge < -0.3 is 0 Å². The van der Waals surface area contributed by atoms with Crippen LogP contribution in [0.4, 0.5) is 0 Å². The fraction of sp³-hybridized carbons (Fsp3) is 0.136. The summed E-state index contributed by atoms with van der Waals surface area (Å²) in [5.74, 6) is 0. The quantitative estimate of drug-likeness (QED) is 0.532. The average molecular weight is 283 g/mol. The monoisotopic (exact) mass is 283 g/mol. The van der Waals surface area contributed by atoms with Crippen molar-refractivity contribution in [3.63, 3.8) is 0 Å². The van der Waals surface area contributed by atoms with E-state index in [1.54, 1.807) is 0 Å². The maximum absolute atomic E-state index is 2.36. The van der Waals surface area contributed by atoms with E-state index in [1.165, 1.54) is 45.0 Å². The topological polar surface area (TPSA) is 0 Å². The van der Waals surface area contributed by atoms with Gasteiger partial charge in [0.15, 0.2) is 0 Å². The van der Waals surface area contributed by atoms with Crippen LogP contribution in [0.3, 0.4) is 0 Å². The van der Waals surface area contributed by atoms with Gasteiger partial charge in [-0.15, -0.1) is 0 Å². The molecule has 0 saturated carbocycles. The van der Waals surface area contributed by atoms with E-state index in [1.807, 2.05) is 0 Å². The van der Waals surface area contributed by atoms with Crippen LogP contribution in [0.2, 0.25) is 0 Å². The zero-order valence-electron chi connectivity index (χ0n) is 12.8. The summed E-state index contributed by atoms with van der Waals surface area (Å²) in [5.41, 5.74) is 6.82. The van der Waals surface area contributed by atoms with Gasteiger partial charge in [-0.2, -0.15) is 0 Å². The Morgan fingerprint density at radius 2 is 1.68 bits per heavy atom. The summed E-state index contributed by atoms with van der Waals surface area (Å²) in [5, 5.41) is 2.60. The van der Waals surface area contributed by atoms with E-state index >= 15 is 0 Å². The van der Waals surface area contributed by atoms with E-state index in [-0.39, 0.29) is 0 Å². The lowest BCUT2D eigenvalue weighted by atomic mass is 9.95. The van der Waals surface area contributed by atoms with Crippen LogP contribution in [0.15, 0.2) is 66.2 Å². The lowest BCUT2D eigenvalue weighted by Gasteiger charge is -2.09. The molecule has 0 fully saturated rings. The van der Waals surface area contributed by atoms with Gasteiger partial charge >= 0.3 is 0 Å². The van der Waals surface area contributed by atoms with Crippen LogP contribution in [-0.2, 0) is 0 Å². The summed E-state index contributed by atoms with van der Waals surface area (Å²) < 4.78 is 0. The molecule has 0 bridgehead atoms. The van der Waals surface area contributed by atoms with Gasteiger partial charge in [-0.25, -0.2) is 0 Å². The van der Waals surface area contributed by atoms with Crippen LogP contribution < -0.4 is 0 Å². The Hall–Kier alpha value is -2.34. The summed E-state index contributed by atoms with van der Waals surface area (Å²) >= 11 is 0. The first-order valence-electron chi connectivity index (χ1n) is 8.02. The molecule has 1 aliphatic rings. The van der Waals surface area contributed by atoms with Gasteiger partial charge in [0.05, 0.1) is 0 Å². The van der Waals surface area contributed by atoms with Crippen LogP contribution in [0.25, 0.3) is 28.0 Å². The molecular weight excluding hydrogens is 264 g/mol. The van der Waals surface area contributed by atoms with Crippen LogP contribution >= 0.6 is 0 Å². The summed E-state index contributed by atoms with van der Waals surface area (Å²) in [4.78, 5) is 0. The van der Waals surface area contributed by atoms with Crippen LogP contribution in [-0.4, -0.2) is 0 Å². The van der Waals surface area contributed by atoms with Crippen molar-refractivity contribution < 1.29 is 0 Å². The largest absolute Gasteiger partial charge is 0.0651 e. The second-order valence-corrected chi connectivity index (χ2v) is 5.98. The maximum atomic E-state index is 2.36. The second-order valence-electron chi connectivity index (χ2n) is 5.98. The van der Waals surface area contributed by atoms with Crippen LogP contribution in [0.1, 0.15) is 30.9 Å². The Kier molecular flexibility index (Phi) is 3.31. The van der Waals surface area contributed by atoms with E-state index < -0.39 is 0 Å². The van der Waals surface area contributed by atoms with Gasteiger partial charge in [-0.3, -0.25) is 0 Å². The van der Waals surface area contributed by atoms with Gasteiger partial charge in [0.1, 0.15) is 0 Å². The maximum Gasteiger partial charge on any atom is 0.0164 e. The number of rotatable bonds is 3. The molecule has 0 aromatic heterocycles. The highest BCUT2D eigenvalue weighted by Gasteiger charge is 2.16. The highest BCUT2D eigenvalue weighted by atomic mass is 14.2. The number of benzene rings is 3. The average Bonchev–Trinajstić information content (AvgIpc) is 2.97. The number of fused-ring (bicyclic) bond motifs is 2. The Bertz CT molecular complexity index is 868. The normalized spacial score (nSPS) is 13.2. The molecule has 0 N–H and O–H groups in total. The molecular formula is C22H19. The third-order valence-electron chi connectivity index (χ3n) is 4.41. The summed E-state index contributed by atoms with van der Waals surface area (Å²) in [7, 11) is 0. The van der Waals surface area contributed by atoms with Gasteiger partial charge in [-0.1, -0.05) is 79.6 Å². The molecule has 0 atom stereocenters. The molecule has 0 heteroatoms. The molecule has 0 spiro atoms. The third kappa shape index (κ3) is 2.25. The van der Waals surface area contributed by atoms with Gasteiger partial charge in [0, 0.05) is 6.42 Å². The summed E-state index contributed by atoms with van der Waals surface area (Å²) in [6.07, 6.45) is 7.06. The van der Waals surface area contributed by atoms with Crippen molar-refractivity contribution in [1.29, 1.82) is 0 Å². The molecule has 107 valence electrons. The highest BCUT2D eigenvalue weighted by Crippen LogP contribution is 2.37. The molecule has 0 aliphatic heterocycles. The lowest BCUT2D eigenvalue weighted by Crippen LogP contribution is -1.86. The minimum atomic E-state index is 1.16. The predicted octanol–water partition coefficient (Wildman–Crippen LogP) is 6.26. The Balaban J connectivity index is 1.84. The van der Waals surface area contributed by atoms with E-state index in [0.717, 1.165) is 6.42 Å². The molecule has 1 radical (unpaired) electrons. The zero-order valence-corrected chi connectivity index (χ0v) is 12.8. The van der Waals surface area contributed by atoms with Crippen molar-refractivity contribution in [2.45, 2.75) is 19.8 Å². The van der Waals surface area contributed by atoms with E-state index in [2.05, 4.69) is 80.1 Å². The molecule has 0 unspecified atom stereocenters. The fourth-order valence-electron chi connectivity index (χ4n) is 3.34. The molecule has 0 amide bonds. The Labute approximate surface area is 132 Å². The predicted molar refractivity (Wildman–Crippen MR) is 95.7 cm³/mol. The first-order chi connectivity index (χ1) is 10.8. The van der Waals surface area contributed by atoms with Crippen molar-refractivity contribution in [3.8, 4) is 11.1 Å². The molecule has 0 saturated heterocycles. The number of hydrogen-bond acceptors (Lipinski definition) is 0. The van der Waals surface area contributed by atoms with Crippen molar-refractivity contribution >= 4 is 16.8 Å². The minimum Gasteiger partial charge on any atom is -0.0651 e. The SMILES string of the molecule is CCCC1=Cc2c(cccc2-c2ccc3ccccc3c2)[CH]1. The molecule has 1 aliphatic carbocycles. The summed E-state index contributed by atoms with van der Waals surface area (Å²) in [6.45, 7) is 2.24. The first kappa shape index (κ1) is 13.3. The van der Waals surface area contributed by atoms with Crippen molar-refractivity contribution in [3.05, 3.63) is 83.8 Å². The lowest BCUT2D eigenvalue weighted by molar-refractivity contribution is 0.924. The van der Waals surface area contributed by atoms with Crippen molar-refractivity contribution in [1.82, 2.24) is 0 Å². The Morgan fingerprint density at radius 1 is 0.818 bits per heavy atom. The minimum absolute atomic E-state index is 1.16. The van der Waals surface area contributed by atoms with E-state index in [4.69, 9.17) is 0 Å². The van der Waals surface area contributed by atoms with Gasteiger partial charge in [0.2, 0.25) is 0 Å². The molecule has 3 aromatic carbocycles. The van der Waals surface area contributed by atoms with Crippen LogP contribution in [0.5, 0.6) is 0 Å². The molecule has 3 aromatic rings. The van der Waals surface area contributed by atoms with Gasteiger partial charge in [0.25, 0.3) is 0 Å². The Morgan fingerprint density at radius 3 is 2.55 bits per heavy atom. The van der Waals surface area contributed by atoms with Gasteiger partial charge in [-0.05, 0) is 45.5 Å². The number of allylic oxidation sites excluding steroid dienone is 1. The second kappa shape index (κ2) is 5.46. The van der Waals surface area contributed by atoms with Crippen LogP contribution in [0, 0.1) is 6.42 Å². The van der Waals surface area contributed by atoms with E-state index in [0.29, 0.717) is 0 Å². The smallest absolute Gasteiger partial charge is 0.0164 e. The molecule has 22 heavy (non-hydrogen) atoms.